The standard InChI is InChI=1S/C16H14FNO3/c1-10-6-7-11(17)12(8-10)18-16(19)15-9-20-13-4-2-3-5-14(13)21-15/h2-8,15H,9H2,1H3,(H,18,19)/t15-/m0/s1. The molecule has 5 heteroatoms. The molecule has 0 bridgehead atoms. The summed E-state index contributed by atoms with van der Waals surface area (Å²) in [5, 5.41) is 2.53. The predicted octanol–water partition coefficient (Wildman–Crippen LogP) is 2.91. The van der Waals surface area contributed by atoms with Crippen LogP contribution in [0.3, 0.4) is 0 Å². The highest BCUT2D eigenvalue weighted by atomic mass is 19.1. The number of aryl methyl sites for hydroxylation is 1. The van der Waals surface area contributed by atoms with E-state index in [2.05, 4.69) is 5.32 Å². The molecule has 2 aromatic carbocycles. The van der Waals surface area contributed by atoms with E-state index in [9.17, 15) is 9.18 Å². The Bertz CT molecular complexity index is 687. The first-order valence-electron chi connectivity index (χ1n) is 6.59. The quantitative estimate of drug-likeness (QED) is 0.924. The lowest BCUT2D eigenvalue weighted by atomic mass is 10.2. The molecule has 0 aromatic heterocycles. The van der Waals surface area contributed by atoms with E-state index in [0.29, 0.717) is 11.5 Å². The highest BCUT2D eigenvalue weighted by Gasteiger charge is 2.27. The molecule has 0 aliphatic carbocycles. The number of nitrogens with one attached hydrogen (secondary N) is 1. The van der Waals surface area contributed by atoms with Crippen LogP contribution in [0.1, 0.15) is 5.56 Å². The zero-order chi connectivity index (χ0) is 14.8. The van der Waals surface area contributed by atoms with Gasteiger partial charge in [-0.25, -0.2) is 4.39 Å². The maximum atomic E-state index is 13.6. The molecule has 0 spiro atoms. The first-order valence-corrected chi connectivity index (χ1v) is 6.59. The molecule has 1 N–H and O–H groups in total. The Morgan fingerprint density at radius 1 is 1.24 bits per heavy atom. The first kappa shape index (κ1) is 13.4. The van der Waals surface area contributed by atoms with Crippen molar-refractivity contribution in [2.45, 2.75) is 13.0 Å². The molecule has 0 saturated heterocycles. The summed E-state index contributed by atoms with van der Waals surface area (Å²) >= 11 is 0. The van der Waals surface area contributed by atoms with Crippen LogP contribution < -0.4 is 14.8 Å². The van der Waals surface area contributed by atoms with Gasteiger partial charge in [-0.3, -0.25) is 4.79 Å². The predicted molar refractivity (Wildman–Crippen MR) is 76.1 cm³/mol. The number of hydrogen-bond acceptors (Lipinski definition) is 3. The second-order valence-corrected chi connectivity index (χ2v) is 4.84. The molecule has 1 atom stereocenters. The van der Waals surface area contributed by atoms with Gasteiger partial charge >= 0.3 is 0 Å². The summed E-state index contributed by atoms with van der Waals surface area (Å²) in [5.74, 6) is 0.192. The van der Waals surface area contributed by atoms with Crippen LogP contribution in [0.15, 0.2) is 42.5 Å². The second kappa shape index (κ2) is 5.44. The number of carbonyl (C=O) groups is 1. The zero-order valence-corrected chi connectivity index (χ0v) is 11.4. The van der Waals surface area contributed by atoms with E-state index in [1.807, 2.05) is 13.0 Å². The highest BCUT2D eigenvalue weighted by molar-refractivity contribution is 5.94. The molecule has 0 saturated carbocycles. The molecule has 1 amide bonds. The van der Waals surface area contributed by atoms with E-state index in [1.54, 1.807) is 30.3 Å². The number of rotatable bonds is 2. The number of amides is 1. The van der Waals surface area contributed by atoms with Crippen molar-refractivity contribution in [3.63, 3.8) is 0 Å². The average molecular weight is 287 g/mol. The molecule has 3 rings (SSSR count). The fourth-order valence-electron chi connectivity index (χ4n) is 2.10. The molecule has 0 radical (unpaired) electrons. The molecule has 0 fully saturated rings. The molecule has 0 unspecified atom stereocenters. The summed E-state index contributed by atoms with van der Waals surface area (Å²) in [5.41, 5.74) is 1.00. The third-order valence-corrected chi connectivity index (χ3v) is 3.18. The smallest absolute Gasteiger partial charge is 0.269 e. The minimum Gasteiger partial charge on any atom is -0.485 e. The van der Waals surface area contributed by atoms with Crippen molar-refractivity contribution in [3.05, 3.63) is 53.8 Å². The lowest BCUT2D eigenvalue weighted by molar-refractivity contribution is -0.125. The van der Waals surface area contributed by atoms with E-state index >= 15 is 0 Å². The summed E-state index contributed by atoms with van der Waals surface area (Å²) in [6.45, 7) is 1.92. The number of hydrogen-bond donors (Lipinski definition) is 1. The maximum absolute atomic E-state index is 13.6. The molecular formula is C16H14FNO3. The lowest BCUT2D eigenvalue weighted by Gasteiger charge is -2.25. The van der Waals surface area contributed by atoms with Crippen molar-refractivity contribution in [3.8, 4) is 11.5 Å². The Labute approximate surface area is 121 Å². The minimum atomic E-state index is -0.806. The number of carbonyl (C=O) groups excluding carboxylic acids is 1. The van der Waals surface area contributed by atoms with Crippen LogP contribution >= 0.6 is 0 Å². The average Bonchev–Trinajstić information content (AvgIpc) is 2.50. The van der Waals surface area contributed by atoms with Gasteiger partial charge in [-0.2, -0.15) is 0 Å². The van der Waals surface area contributed by atoms with Crippen molar-refractivity contribution >= 4 is 11.6 Å². The van der Waals surface area contributed by atoms with Crippen LogP contribution in [0.4, 0.5) is 10.1 Å². The van der Waals surface area contributed by atoms with Crippen LogP contribution in [0, 0.1) is 12.7 Å². The third kappa shape index (κ3) is 2.81. The first-order chi connectivity index (χ1) is 10.1. The molecule has 2 aromatic rings. The van der Waals surface area contributed by atoms with Crippen molar-refractivity contribution in [1.29, 1.82) is 0 Å². The van der Waals surface area contributed by atoms with Crippen LogP contribution in [-0.4, -0.2) is 18.6 Å². The summed E-state index contributed by atoms with van der Waals surface area (Å²) in [7, 11) is 0. The van der Waals surface area contributed by atoms with Gasteiger partial charge in [0.05, 0.1) is 5.69 Å². The van der Waals surface area contributed by atoms with E-state index in [4.69, 9.17) is 9.47 Å². The van der Waals surface area contributed by atoms with Gasteiger partial charge < -0.3 is 14.8 Å². The largest absolute Gasteiger partial charge is 0.485 e. The van der Waals surface area contributed by atoms with E-state index in [0.717, 1.165) is 5.56 Å². The fourth-order valence-corrected chi connectivity index (χ4v) is 2.10. The molecule has 1 aliphatic heterocycles. The van der Waals surface area contributed by atoms with E-state index in [1.165, 1.54) is 6.07 Å². The van der Waals surface area contributed by atoms with Crippen LogP contribution in [-0.2, 0) is 4.79 Å². The normalized spacial score (nSPS) is 16.4. The third-order valence-electron chi connectivity index (χ3n) is 3.18. The van der Waals surface area contributed by atoms with Gasteiger partial charge in [-0.15, -0.1) is 0 Å². The van der Waals surface area contributed by atoms with Crippen molar-refractivity contribution in [2.75, 3.05) is 11.9 Å². The number of halogens is 1. The van der Waals surface area contributed by atoms with Gasteiger partial charge in [-0.05, 0) is 36.8 Å². The molecule has 21 heavy (non-hydrogen) atoms. The topological polar surface area (TPSA) is 47.6 Å². The number of fused-ring (bicyclic) bond motifs is 1. The molecular weight excluding hydrogens is 273 g/mol. The Morgan fingerprint density at radius 2 is 2.00 bits per heavy atom. The van der Waals surface area contributed by atoms with Gasteiger partial charge in [0.25, 0.3) is 5.91 Å². The van der Waals surface area contributed by atoms with E-state index < -0.39 is 17.8 Å². The Kier molecular flexibility index (Phi) is 3.48. The van der Waals surface area contributed by atoms with Crippen molar-refractivity contribution in [1.82, 2.24) is 0 Å². The zero-order valence-electron chi connectivity index (χ0n) is 11.4. The molecule has 4 nitrogen and oxygen atoms in total. The summed E-state index contributed by atoms with van der Waals surface area (Å²) < 4.78 is 24.7. The highest BCUT2D eigenvalue weighted by Crippen LogP contribution is 2.31. The minimum absolute atomic E-state index is 0.0935. The van der Waals surface area contributed by atoms with Crippen molar-refractivity contribution < 1.29 is 18.7 Å². The summed E-state index contributed by atoms with van der Waals surface area (Å²) in [6, 6.07) is 11.6. The Morgan fingerprint density at radius 3 is 2.81 bits per heavy atom. The second-order valence-electron chi connectivity index (χ2n) is 4.84. The van der Waals surface area contributed by atoms with Gasteiger partial charge in [-0.1, -0.05) is 18.2 Å². The lowest BCUT2D eigenvalue weighted by Crippen LogP contribution is -2.40. The molecule has 1 heterocycles. The van der Waals surface area contributed by atoms with Crippen LogP contribution in [0.25, 0.3) is 0 Å². The van der Waals surface area contributed by atoms with Crippen LogP contribution in [0.2, 0.25) is 0 Å². The molecule has 108 valence electrons. The van der Waals surface area contributed by atoms with Crippen LogP contribution in [0.5, 0.6) is 11.5 Å². The van der Waals surface area contributed by atoms with Gasteiger partial charge in [0.2, 0.25) is 6.10 Å². The summed E-state index contributed by atoms with van der Waals surface area (Å²) in [6.07, 6.45) is -0.806. The Balaban J connectivity index is 1.74. The molecule has 1 aliphatic rings. The van der Waals surface area contributed by atoms with Crippen molar-refractivity contribution in [2.24, 2.45) is 0 Å². The van der Waals surface area contributed by atoms with Gasteiger partial charge in [0, 0.05) is 0 Å². The summed E-state index contributed by atoms with van der Waals surface area (Å²) in [4.78, 5) is 12.2. The SMILES string of the molecule is Cc1ccc(F)c(NC(=O)[C@@H]2COc3ccccc3O2)c1. The van der Waals surface area contributed by atoms with Gasteiger partial charge in [0.15, 0.2) is 11.5 Å². The number of ether oxygens (including phenoxy) is 2. The number of anilines is 1. The van der Waals surface area contributed by atoms with Gasteiger partial charge in [0.1, 0.15) is 12.4 Å². The number of benzene rings is 2. The van der Waals surface area contributed by atoms with E-state index in [-0.39, 0.29) is 12.3 Å². The maximum Gasteiger partial charge on any atom is 0.269 e. The Hall–Kier alpha value is -2.56. The number of para-hydroxylation sites is 2. The fraction of sp³-hybridized carbons (Fsp3) is 0.188. The monoisotopic (exact) mass is 287 g/mol.